The summed E-state index contributed by atoms with van der Waals surface area (Å²) >= 11 is 1.32. The first-order chi connectivity index (χ1) is 16.0. The molecular weight excluding hydrogens is 440 g/mol. The Bertz CT molecular complexity index is 1380. The predicted octanol–water partition coefficient (Wildman–Crippen LogP) is 5.88. The summed E-state index contributed by atoms with van der Waals surface area (Å²) in [6.45, 7) is 2.61. The minimum atomic E-state index is -0.464. The molecule has 2 N–H and O–H groups in total. The van der Waals surface area contributed by atoms with Crippen molar-refractivity contribution in [1.82, 2.24) is 9.88 Å². The molecule has 2 heterocycles. The fourth-order valence-corrected chi connectivity index (χ4v) is 4.99. The molecule has 1 unspecified atom stereocenters. The number of benzene rings is 3. The average Bonchev–Trinajstić information content (AvgIpc) is 3.29. The van der Waals surface area contributed by atoms with Crippen LogP contribution >= 0.6 is 11.8 Å². The SMILES string of the molecule is Cc1c(/C=C2\SC(Nc3ccccc3F)NC2=O)c2ccccc2n1Cc1ccc(F)cc1. The highest BCUT2D eigenvalue weighted by atomic mass is 32.2. The van der Waals surface area contributed by atoms with Crippen LogP contribution in [-0.2, 0) is 11.3 Å². The van der Waals surface area contributed by atoms with Crippen LogP contribution in [0.4, 0.5) is 14.5 Å². The van der Waals surface area contributed by atoms with Gasteiger partial charge >= 0.3 is 0 Å². The minimum absolute atomic E-state index is 0.205. The van der Waals surface area contributed by atoms with E-state index in [0.717, 1.165) is 27.7 Å². The molecule has 4 aromatic rings. The first-order valence-corrected chi connectivity index (χ1v) is 11.4. The van der Waals surface area contributed by atoms with E-state index < -0.39 is 5.50 Å². The number of thioether (sulfide) groups is 1. The van der Waals surface area contributed by atoms with Gasteiger partial charge in [0.25, 0.3) is 5.91 Å². The Kier molecular flexibility index (Phi) is 5.64. The molecule has 0 bridgehead atoms. The Balaban J connectivity index is 1.47. The molecular formula is C26H21F2N3OS. The third-order valence-electron chi connectivity index (χ3n) is 5.70. The van der Waals surface area contributed by atoms with Crippen LogP contribution in [0, 0.1) is 18.6 Å². The van der Waals surface area contributed by atoms with Crippen LogP contribution in [0.15, 0.2) is 77.7 Å². The normalized spacial score (nSPS) is 17.0. The number of nitrogens with zero attached hydrogens (tertiary/aromatic N) is 1. The number of halogens is 2. The van der Waals surface area contributed by atoms with E-state index in [1.165, 1.54) is 30.0 Å². The molecule has 3 aromatic carbocycles. The number of carbonyl (C=O) groups is 1. The number of amides is 1. The summed E-state index contributed by atoms with van der Waals surface area (Å²) in [7, 11) is 0. The number of aromatic nitrogens is 1. The van der Waals surface area contributed by atoms with Crippen molar-refractivity contribution in [3.05, 3.63) is 106 Å². The molecule has 5 rings (SSSR count). The Labute approximate surface area is 194 Å². The molecule has 1 amide bonds. The zero-order valence-corrected chi connectivity index (χ0v) is 18.6. The highest BCUT2D eigenvalue weighted by molar-refractivity contribution is 8.05. The van der Waals surface area contributed by atoms with Crippen molar-refractivity contribution in [3.8, 4) is 0 Å². The van der Waals surface area contributed by atoms with Crippen molar-refractivity contribution < 1.29 is 13.6 Å². The number of carbonyl (C=O) groups excluding carboxylic acids is 1. The zero-order chi connectivity index (χ0) is 22.9. The lowest BCUT2D eigenvalue weighted by Gasteiger charge is -2.13. The quantitative estimate of drug-likeness (QED) is 0.365. The average molecular weight is 462 g/mol. The fraction of sp³-hybridized carbons (Fsp3) is 0.115. The lowest BCUT2D eigenvalue weighted by molar-refractivity contribution is -0.116. The lowest BCUT2D eigenvalue weighted by atomic mass is 10.1. The predicted molar refractivity (Wildman–Crippen MR) is 130 cm³/mol. The molecule has 1 aliphatic heterocycles. The summed E-state index contributed by atoms with van der Waals surface area (Å²) in [5.74, 6) is -0.839. The molecule has 1 fully saturated rings. The van der Waals surface area contributed by atoms with Crippen LogP contribution in [-0.4, -0.2) is 16.0 Å². The third kappa shape index (κ3) is 4.24. The summed E-state index contributed by atoms with van der Waals surface area (Å²) in [5, 5.41) is 6.91. The van der Waals surface area contributed by atoms with Gasteiger partial charge in [0.2, 0.25) is 0 Å². The van der Waals surface area contributed by atoms with Crippen molar-refractivity contribution in [2.75, 3.05) is 5.32 Å². The summed E-state index contributed by atoms with van der Waals surface area (Å²) in [5.41, 5.74) is 3.86. The van der Waals surface area contributed by atoms with Gasteiger partial charge in [0.15, 0.2) is 5.50 Å². The van der Waals surface area contributed by atoms with Gasteiger partial charge in [0.1, 0.15) is 11.6 Å². The largest absolute Gasteiger partial charge is 0.354 e. The molecule has 7 heteroatoms. The van der Waals surface area contributed by atoms with Crippen molar-refractivity contribution >= 4 is 40.3 Å². The highest BCUT2D eigenvalue weighted by Crippen LogP contribution is 2.35. The second-order valence-corrected chi connectivity index (χ2v) is 8.98. The summed E-state index contributed by atoms with van der Waals surface area (Å²) in [6, 6.07) is 20.9. The maximum atomic E-state index is 14.0. The molecule has 4 nitrogen and oxygen atoms in total. The van der Waals surface area contributed by atoms with Gasteiger partial charge in [-0.1, -0.05) is 54.2 Å². The first-order valence-electron chi connectivity index (χ1n) is 10.5. The second-order valence-electron chi connectivity index (χ2n) is 7.83. The van der Waals surface area contributed by atoms with Gasteiger partial charge in [-0.3, -0.25) is 4.79 Å². The third-order valence-corrected chi connectivity index (χ3v) is 6.73. The fourth-order valence-electron chi connectivity index (χ4n) is 4.03. The monoisotopic (exact) mass is 461 g/mol. The number of hydrogen-bond donors (Lipinski definition) is 2. The van der Waals surface area contributed by atoms with Crippen LogP contribution in [0.1, 0.15) is 16.8 Å². The molecule has 1 saturated heterocycles. The number of anilines is 1. The Morgan fingerprint density at radius 3 is 2.55 bits per heavy atom. The van der Waals surface area contributed by atoms with Crippen molar-refractivity contribution in [2.45, 2.75) is 19.0 Å². The van der Waals surface area contributed by atoms with Crippen LogP contribution in [0.5, 0.6) is 0 Å². The van der Waals surface area contributed by atoms with E-state index in [-0.39, 0.29) is 17.5 Å². The Hall–Kier alpha value is -3.58. The minimum Gasteiger partial charge on any atom is -0.354 e. The smallest absolute Gasteiger partial charge is 0.260 e. The van der Waals surface area contributed by atoms with Crippen molar-refractivity contribution in [2.24, 2.45) is 0 Å². The summed E-state index contributed by atoms with van der Waals surface area (Å²) < 4.78 is 29.5. The summed E-state index contributed by atoms with van der Waals surface area (Å²) in [4.78, 5) is 13.2. The molecule has 0 radical (unpaired) electrons. The Morgan fingerprint density at radius 1 is 1.03 bits per heavy atom. The number of nitrogens with one attached hydrogen (secondary N) is 2. The maximum Gasteiger partial charge on any atom is 0.260 e. The van der Waals surface area contributed by atoms with E-state index in [2.05, 4.69) is 15.2 Å². The number of hydrogen-bond acceptors (Lipinski definition) is 3. The van der Waals surface area contributed by atoms with Gasteiger partial charge in [-0.05, 0) is 48.9 Å². The molecule has 0 aliphatic carbocycles. The number of fused-ring (bicyclic) bond motifs is 1. The van der Waals surface area contributed by atoms with E-state index in [4.69, 9.17) is 0 Å². The number of para-hydroxylation sites is 2. The van der Waals surface area contributed by atoms with Crippen LogP contribution < -0.4 is 10.6 Å². The van der Waals surface area contributed by atoms with Gasteiger partial charge < -0.3 is 15.2 Å². The van der Waals surface area contributed by atoms with Crippen molar-refractivity contribution in [3.63, 3.8) is 0 Å². The van der Waals surface area contributed by atoms with Crippen LogP contribution in [0.25, 0.3) is 17.0 Å². The molecule has 0 saturated carbocycles. The Morgan fingerprint density at radius 2 is 1.76 bits per heavy atom. The lowest BCUT2D eigenvalue weighted by Crippen LogP contribution is -2.31. The molecule has 1 aromatic heterocycles. The maximum absolute atomic E-state index is 14.0. The molecule has 33 heavy (non-hydrogen) atoms. The van der Waals surface area contributed by atoms with Gasteiger partial charge in [-0.2, -0.15) is 0 Å². The van der Waals surface area contributed by atoms with Crippen LogP contribution in [0.2, 0.25) is 0 Å². The van der Waals surface area contributed by atoms with Gasteiger partial charge in [-0.25, -0.2) is 8.78 Å². The van der Waals surface area contributed by atoms with Gasteiger partial charge in [-0.15, -0.1) is 0 Å². The van der Waals surface area contributed by atoms with E-state index in [9.17, 15) is 13.6 Å². The highest BCUT2D eigenvalue weighted by Gasteiger charge is 2.28. The summed E-state index contributed by atoms with van der Waals surface area (Å²) in [6.07, 6.45) is 1.89. The molecule has 166 valence electrons. The zero-order valence-electron chi connectivity index (χ0n) is 17.8. The molecule has 0 spiro atoms. The van der Waals surface area contributed by atoms with E-state index in [1.807, 2.05) is 37.3 Å². The van der Waals surface area contributed by atoms with Crippen LogP contribution in [0.3, 0.4) is 0 Å². The molecule has 1 atom stereocenters. The number of rotatable bonds is 5. The van der Waals surface area contributed by atoms with Crippen molar-refractivity contribution in [1.29, 1.82) is 0 Å². The van der Waals surface area contributed by atoms with E-state index in [0.29, 0.717) is 17.1 Å². The second kappa shape index (κ2) is 8.75. The van der Waals surface area contributed by atoms with Gasteiger partial charge in [0.05, 0.1) is 10.6 Å². The van der Waals surface area contributed by atoms with E-state index in [1.54, 1.807) is 30.3 Å². The topological polar surface area (TPSA) is 46.1 Å². The molecule has 1 aliphatic rings. The standard InChI is InChI=1S/C26H21F2N3OS/c1-16-20(14-24-25(32)30-26(33-24)29-22-8-4-3-7-21(22)28)19-6-2-5-9-23(19)31(16)15-17-10-12-18(27)13-11-17/h2-14,26,29H,15H2,1H3,(H,30,32)/b24-14-. The van der Waals surface area contributed by atoms with E-state index >= 15 is 0 Å². The van der Waals surface area contributed by atoms with Gasteiger partial charge in [0, 0.05) is 28.7 Å². The first kappa shape index (κ1) is 21.3.